The summed E-state index contributed by atoms with van der Waals surface area (Å²) in [6.07, 6.45) is 8.72. The predicted molar refractivity (Wildman–Crippen MR) is 71.4 cm³/mol. The van der Waals surface area contributed by atoms with Crippen LogP contribution in [0.1, 0.15) is 37.7 Å². The zero-order chi connectivity index (χ0) is 11.7. The number of pyridine rings is 1. The fourth-order valence-electron chi connectivity index (χ4n) is 3.05. The van der Waals surface area contributed by atoms with E-state index in [0.29, 0.717) is 6.04 Å². The third kappa shape index (κ3) is 2.24. The van der Waals surface area contributed by atoms with Crippen LogP contribution in [0.5, 0.6) is 0 Å². The Morgan fingerprint density at radius 2 is 2.12 bits per heavy atom. The second kappa shape index (κ2) is 4.55. The van der Waals surface area contributed by atoms with E-state index in [9.17, 15) is 0 Å². The van der Waals surface area contributed by atoms with Crippen LogP contribution in [-0.4, -0.2) is 17.6 Å². The first-order valence-electron chi connectivity index (χ1n) is 6.80. The summed E-state index contributed by atoms with van der Waals surface area (Å²) >= 11 is 0. The zero-order valence-corrected chi connectivity index (χ0v) is 10.5. The SMILES string of the molecule is Cc1cnc2c(c1)NCC1CCCCCC1N2. The number of aromatic nitrogens is 1. The van der Waals surface area contributed by atoms with Crippen LogP contribution in [0.15, 0.2) is 12.3 Å². The first-order chi connectivity index (χ1) is 8.33. The molecule has 0 bridgehead atoms. The maximum atomic E-state index is 4.53. The Morgan fingerprint density at radius 1 is 1.24 bits per heavy atom. The summed E-state index contributed by atoms with van der Waals surface area (Å²) in [5.41, 5.74) is 2.40. The third-order valence-corrected chi connectivity index (χ3v) is 4.06. The summed E-state index contributed by atoms with van der Waals surface area (Å²) in [5, 5.41) is 7.22. The minimum atomic E-state index is 0.612. The molecule has 1 aliphatic heterocycles. The summed E-state index contributed by atoms with van der Waals surface area (Å²) in [6.45, 7) is 3.19. The van der Waals surface area contributed by atoms with E-state index in [0.717, 1.165) is 18.3 Å². The lowest BCUT2D eigenvalue weighted by Crippen LogP contribution is -2.30. The van der Waals surface area contributed by atoms with Crippen LogP contribution in [0.3, 0.4) is 0 Å². The topological polar surface area (TPSA) is 37.0 Å². The molecule has 1 aromatic rings. The number of fused-ring (bicyclic) bond motifs is 2. The van der Waals surface area contributed by atoms with Crippen molar-refractivity contribution >= 4 is 11.5 Å². The first-order valence-corrected chi connectivity index (χ1v) is 6.80. The van der Waals surface area contributed by atoms with Crippen LogP contribution < -0.4 is 10.6 Å². The van der Waals surface area contributed by atoms with Gasteiger partial charge in [-0.25, -0.2) is 4.98 Å². The highest BCUT2D eigenvalue weighted by Gasteiger charge is 2.27. The van der Waals surface area contributed by atoms with Crippen molar-refractivity contribution in [1.29, 1.82) is 0 Å². The lowest BCUT2D eigenvalue weighted by molar-refractivity contribution is 0.443. The van der Waals surface area contributed by atoms with E-state index in [-0.39, 0.29) is 0 Å². The molecule has 3 rings (SSSR count). The molecule has 0 spiro atoms. The number of nitrogens with zero attached hydrogens (tertiary/aromatic N) is 1. The van der Waals surface area contributed by atoms with Crippen molar-refractivity contribution in [3.63, 3.8) is 0 Å². The van der Waals surface area contributed by atoms with E-state index in [4.69, 9.17) is 0 Å². The molecule has 2 heterocycles. The van der Waals surface area contributed by atoms with Gasteiger partial charge >= 0.3 is 0 Å². The average molecular weight is 231 g/mol. The van der Waals surface area contributed by atoms with Gasteiger partial charge in [-0.2, -0.15) is 0 Å². The van der Waals surface area contributed by atoms with Gasteiger partial charge in [0.2, 0.25) is 0 Å². The van der Waals surface area contributed by atoms with Crippen molar-refractivity contribution in [2.45, 2.75) is 45.1 Å². The molecule has 92 valence electrons. The normalized spacial score (nSPS) is 27.8. The maximum Gasteiger partial charge on any atom is 0.149 e. The van der Waals surface area contributed by atoms with Crippen LogP contribution in [-0.2, 0) is 0 Å². The van der Waals surface area contributed by atoms with Gasteiger partial charge in [0.1, 0.15) is 5.82 Å². The molecule has 0 amide bonds. The van der Waals surface area contributed by atoms with Gasteiger partial charge < -0.3 is 10.6 Å². The molecule has 3 nitrogen and oxygen atoms in total. The molecule has 1 aromatic heterocycles. The molecule has 1 fully saturated rings. The summed E-state index contributed by atoms with van der Waals surface area (Å²) < 4.78 is 0. The summed E-state index contributed by atoms with van der Waals surface area (Å²) in [7, 11) is 0. The van der Waals surface area contributed by atoms with Gasteiger partial charge in [-0.1, -0.05) is 19.3 Å². The van der Waals surface area contributed by atoms with Crippen molar-refractivity contribution in [3.05, 3.63) is 17.8 Å². The molecule has 17 heavy (non-hydrogen) atoms. The van der Waals surface area contributed by atoms with Gasteiger partial charge in [-0.3, -0.25) is 0 Å². The fraction of sp³-hybridized carbons (Fsp3) is 0.643. The smallest absolute Gasteiger partial charge is 0.149 e. The fourth-order valence-corrected chi connectivity index (χ4v) is 3.05. The lowest BCUT2D eigenvalue weighted by atomic mass is 9.95. The standard InChI is InChI=1S/C14H21N3/c1-10-7-13-14(16-8-10)17-12-6-4-2-3-5-11(12)9-15-13/h7-8,11-12,15H,2-6,9H2,1H3,(H,16,17). The molecule has 0 radical (unpaired) electrons. The van der Waals surface area contributed by atoms with Gasteiger partial charge in [0.15, 0.2) is 0 Å². The van der Waals surface area contributed by atoms with Crippen LogP contribution in [0.25, 0.3) is 0 Å². The Balaban J connectivity index is 1.87. The van der Waals surface area contributed by atoms with Gasteiger partial charge in [0, 0.05) is 18.8 Å². The Bertz CT molecular complexity index is 402. The molecule has 3 heteroatoms. The number of hydrogen-bond acceptors (Lipinski definition) is 3. The van der Waals surface area contributed by atoms with Gasteiger partial charge in [0.05, 0.1) is 5.69 Å². The van der Waals surface area contributed by atoms with E-state index in [1.165, 1.54) is 43.4 Å². The number of nitrogens with one attached hydrogen (secondary N) is 2. The second-order valence-electron chi connectivity index (χ2n) is 5.44. The highest BCUT2D eigenvalue weighted by molar-refractivity contribution is 5.66. The quantitative estimate of drug-likeness (QED) is 0.720. The Hall–Kier alpha value is -1.25. The van der Waals surface area contributed by atoms with E-state index in [1.807, 2.05) is 6.20 Å². The van der Waals surface area contributed by atoms with E-state index in [2.05, 4.69) is 28.6 Å². The molecule has 2 aliphatic rings. The van der Waals surface area contributed by atoms with Crippen LogP contribution in [0.2, 0.25) is 0 Å². The monoisotopic (exact) mass is 231 g/mol. The molecule has 0 aromatic carbocycles. The minimum absolute atomic E-state index is 0.612. The molecule has 2 atom stereocenters. The number of rotatable bonds is 0. The van der Waals surface area contributed by atoms with Crippen molar-refractivity contribution in [2.75, 3.05) is 17.2 Å². The Morgan fingerprint density at radius 3 is 3.06 bits per heavy atom. The first kappa shape index (κ1) is 10.9. The van der Waals surface area contributed by atoms with Crippen LogP contribution in [0, 0.1) is 12.8 Å². The van der Waals surface area contributed by atoms with Crippen molar-refractivity contribution in [3.8, 4) is 0 Å². The average Bonchev–Trinajstić information content (AvgIpc) is 2.62. The Kier molecular flexibility index (Phi) is 2.91. The van der Waals surface area contributed by atoms with Gasteiger partial charge in [-0.15, -0.1) is 0 Å². The van der Waals surface area contributed by atoms with Gasteiger partial charge in [-0.05, 0) is 37.3 Å². The molecular formula is C14H21N3. The second-order valence-corrected chi connectivity index (χ2v) is 5.44. The summed E-state index contributed by atoms with van der Waals surface area (Å²) in [6, 6.07) is 2.81. The van der Waals surface area contributed by atoms with Crippen molar-refractivity contribution < 1.29 is 0 Å². The summed E-state index contributed by atoms with van der Waals surface area (Å²) in [5.74, 6) is 1.80. The van der Waals surface area contributed by atoms with Crippen molar-refractivity contribution in [1.82, 2.24) is 4.98 Å². The number of anilines is 2. The molecule has 2 unspecified atom stereocenters. The molecular weight excluding hydrogens is 210 g/mol. The largest absolute Gasteiger partial charge is 0.382 e. The molecule has 0 saturated heterocycles. The summed E-state index contributed by atoms with van der Waals surface area (Å²) in [4.78, 5) is 4.53. The van der Waals surface area contributed by atoms with Crippen LogP contribution >= 0.6 is 0 Å². The highest BCUT2D eigenvalue weighted by atomic mass is 15.1. The molecule has 2 N–H and O–H groups in total. The molecule has 1 aliphatic carbocycles. The highest BCUT2D eigenvalue weighted by Crippen LogP contribution is 2.32. The van der Waals surface area contributed by atoms with Gasteiger partial charge in [0.25, 0.3) is 0 Å². The lowest BCUT2D eigenvalue weighted by Gasteiger charge is -2.23. The molecule has 1 saturated carbocycles. The van der Waals surface area contributed by atoms with E-state index < -0.39 is 0 Å². The number of hydrogen-bond donors (Lipinski definition) is 2. The van der Waals surface area contributed by atoms with E-state index in [1.54, 1.807) is 0 Å². The minimum Gasteiger partial charge on any atom is -0.382 e. The Labute approximate surface area is 103 Å². The van der Waals surface area contributed by atoms with Crippen LogP contribution in [0.4, 0.5) is 11.5 Å². The maximum absolute atomic E-state index is 4.53. The zero-order valence-electron chi connectivity index (χ0n) is 10.5. The predicted octanol–water partition coefficient (Wildman–Crippen LogP) is 3.18. The van der Waals surface area contributed by atoms with Crippen molar-refractivity contribution in [2.24, 2.45) is 5.92 Å². The number of aryl methyl sites for hydroxylation is 1. The third-order valence-electron chi connectivity index (χ3n) is 4.06. The van der Waals surface area contributed by atoms with E-state index >= 15 is 0 Å².